The van der Waals surface area contributed by atoms with Gasteiger partial charge in [0.15, 0.2) is 0 Å². The second-order valence-electron chi connectivity index (χ2n) is 3.65. The van der Waals surface area contributed by atoms with Gasteiger partial charge in [-0.1, -0.05) is 0 Å². The molecule has 0 atom stereocenters. The van der Waals surface area contributed by atoms with Gasteiger partial charge in [0.1, 0.15) is 5.82 Å². The van der Waals surface area contributed by atoms with Crippen LogP contribution in [0.15, 0.2) is 12.3 Å². The van der Waals surface area contributed by atoms with E-state index in [1.54, 1.807) is 13.2 Å². The molecule has 0 aromatic carbocycles. The van der Waals surface area contributed by atoms with E-state index in [4.69, 9.17) is 4.74 Å². The second-order valence-corrected chi connectivity index (χ2v) is 3.65. The molecule has 0 saturated heterocycles. The predicted molar refractivity (Wildman–Crippen MR) is 51.6 cm³/mol. The number of hydrogen-bond acceptors (Lipinski definition) is 4. The highest BCUT2D eigenvalue weighted by atomic mass is 19.1. The van der Waals surface area contributed by atoms with Gasteiger partial charge in [-0.3, -0.25) is 0 Å². The fourth-order valence-electron chi connectivity index (χ4n) is 1.15. The number of anilines is 1. The minimum absolute atomic E-state index is 0.282. The molecule has 4 nitrogen and oxygen atoms in total. The van der Waals surface area contributed by atoms with Crippen molar-refractivity contribution in [2.24, 2.45) is 0 Å². The molecule has 1 heterocycles. The highest BCUT2D eigenvalue weighted by Gasteiger charge is 2.17. The van der Waals surface area contributed by atoms with Crippen molar-refractivity contribution in [2.75, 3.05) is 19.0 Å². The fraction of sp³-hybridized carbons (Fsp3) is 0.556. The highest BCUT2D eigenvalue weighted by molar-refractivity contribution is 5.35. The van der Waals surface area contributed by atoms with Crippen molar-refractivity contribution in [1.29, 1.82) is 0 Å². The van der Waals surface area contributed by atoms with Gasteiger partial charge < -0.3 is 10.1 Å². The molecule has 0 saturated carbocycles. The van der Waals surface area contributed by atoms with Crippen LogP contribution >= 0.6 is 0 Å². The SMILES string of the molecule is COCC(C)(C)Nc1ccnc(F)n1. The van der Waals surface area contributed by atoms with Crippen LogP contribution < -0.4 is 5.32 Å². The zero-order chi connectivity index (χ0) is 10.6. The van der Waals surface area contributed by atoms with Gasteiger partial charge in [0, 0.05) is 13.3 Å². The maximum atomic E-state index is 12.6. The molecule has 1 aromatic rings. The van der Waals surface area contributed by atoms with Crippen LogP contribution in [0.25, 0.3) is 0 Å². The zero-order valence-electron chi connectivity index (χ0n) is 8.54. The summed E-state index contributed by atoms with van der Waals surface area (Å²) in [5.74, 6) is 0.458. The summed E-state index contributed by atoms with van der Waals surface area (Å²) in [5.41, 5.74) is -0.282. The number of nitrogens with one attached hydrogen (secondary N) is 1. The van der Waals surface area contributed by atoms with Crippen LogP contribution in [-0.2, 0) is 4.74 Å². The standard InChI is InChI=1S/C9H14FN3O/c1-9(2,6-14-3)13-7-4-5-11-8(10)12-7/h4-5H,6H2,1-3H3,(H,11,12,13). The minimum atomic E-state index is -0.733. The Balaban J connectivity index is 2.68. The Morgan fingerprint density at radius 2 is 2.29 bits per heavy atom. The lowest BCUT2D eigenvalue weighted by atomic mass is 10.1. The summed E-state index contributed by atoms with van der Waals surface area (Å²) >= 11 is 0. The van der Waals surface area contributed by atoms with E-state index in [1.807, 2.05) is 13.8 Å². The summed E-state index contributed by atoms with van der Waals surface area (Å²) in [6.45, 7) is 4.39. The largest absolute Gasteiger partial charge is 0.382 e. The molecular formula is C9H14FN3O. The Morgan fingerprint density at radius 1 is 1.57 bits per heavy atom. The van der Waals surface area contributed by atoms with Gasteiger partial charge in [-0.25, -0.2) is 4.98 Å². The topological polar surface area (TPSA) is 47.0 Å². The van der Waals surface area contributed by atoms with E-state index < -0.39 is 6.08 Å². The molecule has 5 heteroatoms. The summed E-state index contributed by atoms with van der Waals surface area (Å²) in [4.78, 5) is 6.96. The lowest BCUT2D eigenvalue weighted by Crippen LogP contribution is -2.36. The van der Waals surface area contributed by atoms with Crippen molar-refractivity contribution in [2.45, 2.75) is 19.4 Å². The number of halogens is 1. The van der Waals surface area contributed by atoms with Crippen molar-refractivity contribution in [1.82, 2.24) is 9.97 Å². The summed E-state index contributed by atoms with van der Waals surface area (Å²) < 4.78 is 17.6. The van der Waals surface area contributed by atoms with Crippen LogP contribution in [0, 0.1) is 6.08 Å². The molecule has 1 N–H and O–H groups in total. The van der Waals surface area contributed by atoms with E-state index in [-0.39, 0.29) is 5.54 Å². The Bertz CT molecular complexity index is 304. The molecule has 0 unspecified atom stereocenters. The third-order valence-corrected chi connectivity index (χ3v) is 1.60. The number of aromatic nitrogens is 2. The van der Waals surface area contributed by atoms with E-state index in [1.165, 1.54) is 6.20 Å². The van der Waals surface area contributed by atoms with E-state index in [2.05, 4.69) is 15.3 Å². The van der Waals surface area contributed by atoms with Crippen LogP contribution in [0.4, 0.5) is 10.2 Å². The third-order valence-electron chi connectivity index (χ3n) is 1.60. The molecule has 0 aliphatic carbocycles. The Labute approximate surface area is 82.5 Å². The predicted octanol–water partition coefficient (Wildman–Crippen LogP) is 1.45. The average molecular weight is 199 g/mol. The second kappa shape index (κ2) is 4.32. The number of rotatable bonds is 4. The molecule has 0 aliphatic rings. The van der Waals surface area contributed by atoms with Crippen LogP contribution in [-0.4, -0.2) is 29.2 Å². The molecular weight excluding hydrogens is 185 g/mol. The quantitative estimate of drug-likeness (QED) is 0.745. The normalized spacial score (nSPS) is 11.4. The van der Waals surface area contributed by atoms with Gasteiger partial charge in [0.2, 0.25) is 0 Å². The molecule has 78 valence electrons. The Morgan fingerprint density at radius 3 is 2.86 bits per heavy atom. The Kier molecular flexibility index (Phi) is 3.35. The molecule has 1 rings (SSSR count). The number of ether oxygens (including phenoxy) is 1. The highest BCUT2D eigenvalue weighted by Crippen LogP contribution is 2.12. The van der Waals surface area contributed by atoms with Crippen molar-refractivity contribution in [3.63, 3.8) is 0 Å². The first kappa shape index (κ1) is 10.8. The first-order valence-corrected chi connectivity index (χ1v) is 4.29. The molecule has 0 spiro atoms. The maximum absolute atomic E-state index is 12.6. The van der Waals surface area contributed by atoms with E-state index in [9.17, 15) is 4.39 Å². The molecule has 0 fully saturated rings. The first-order valence-electron chi connectivity index (χ1n) is 4.29. The van der Waals surface area contributed by atoms with Crippen molar-refractivity contribution in [3.05, 3.63) is 18.3 Å². The minimum Gasteiger partial charge on any atom is -0.382 e. The van der Waals surface area contributed by atoms with E-state index >= 15 is 0 Å². The summed E-state index contributed by atoms with van der Waals surface area (Å²) in [6, 6.07) is 1.61. The fourth-order valence-corrected chi connectivity index (χ4v) is 1.15. The monoisotopic (exact) mass is 199 g/mol. The smallest absolute Gasteiger partial charge is 0.310 e. The molecule has 14 heavy (non-hydrogen) atoms. The van der Waals surface area contributed by atoms with E-state index in [0.29, 0.717) is 12.4 Å². The average Bonchev–Trinajstić information content (AvgIpc) is 2.02. The summed E-state index contributed by atoms with van der Waals surface area (Å²) in [5, 5.41) is 3.04. The van der Waals surface area contributed by atoms with Gasteiger partial charge in [0.25, 0.3) is 0 Å². The van der Waals surface area contributed by atoms with Crippen LogP contribution in [0.2, 0.25) is 0 Å². The van der Waals surface area contributed by atoms with Gasteiger partial charge in [0.05, 0.1) is 12.1 Å². The van der Waals surface area contributed by atoms with Gasteiger partial charge >= 0.3 is 6.08 Å². The van der Waals surface area contributed by atoms with Crippen molar-refractivity contribution < 1.29 is 9.13 Å². The number of nitrogens with zero attached hydrogens (tertiary/aromatic N) is 2. The summed E-state index contributed by atoms with van der Waals surface area (Å²) in [6.07, 6.45) is 0.635. The van der Waals surface area contributed by atoms with Crippen LogP contribution in [0.3, 0.4) is 0 Å². The first-order chi connectivity index (χ1) is 6.53. The number of methoxy groups -OCH3 is 1. The van der Waals surface area contributed by atoms with Crippen LogP contribution in [0.1, 0.15) is 13.8 Å². The molecule has 1 aromatic heterocycles. The van der Waals surface area contributed by atoms with Crippen molar-refractivity contribution in [3.8, 4) is 0 Å². The van der Waals surface area contributed by atoms with Crippen LogP contribution in [0.5, 0.6) is 0 Å². The third kappa shape index (κ3) is 3.26. The van der Waals surface area contributed by atoms with Crippen molar-refractivity contribution >= 4 is 5.82 Å². The van der Waals surface area contributed by atoms with Gasteiger partial charge in [-0.15, -0.1) is 0 Å². The molecule has 0 radical (unpaired) electrons. The maximum Gasteiger partial charge on any atom is 0.310 e. The zero-order valence-corrected chi connectivity index (χ0v) is 8.54. The lowest BCUT2D eigenvalue weighted by molar-refractivity contribution is 0.158. The lowest BCUT2D eigenvalue weighted by Gasteiger charge is -2.25. The number of hydrogen-bond donors (Lipinski definition) is 1. The molecule has 0 aliphatic heterocycles. The van der Waals surface area contributed by atoms with Gasteiger partial charge in [-0.05, 0) is 19.9 Å². The molecule has 0 bridgehead atoms. The summed E-state index contributed by atoms with van der Waals surface area (Å²) in [7, 11) is 1.62. The van der Waals surface area contributed by atoms with E-state index in [0.717, 1.165) is 0 Å². The van der Waals surface area contributed by atoms with Gasteiger partial charge in [-0.2, -0.15) is 9.37 Å². The Hall–Kier alpha value is -1.23. The molecule has 0 amide bonds.